The van der Waals surface area contributed by atoms with E-state index in [9.17, 15) is 13.2 Å². The van der Waals surface area contributed by atoms with Crippen molar-refractivity contribution in [2.45, 2.75) is 51.0 Å². The monoisotopic (exact) mass is 303 g/mol. The average Bonchev–Trinajstić information content (AvgIpc) is 3.18. The minimum atomic E-state index is -3.46. The Balaban J connectivity index is 1.81. The van der Waals surface area contributed by atoms with Crippen LogP contribution >= 0.6 is 0 Å². The van der Waals surface area contributed by atoms with E-state index >= 15 is 0 Å². The van der Waals surface area contributed by atoms with E-state index in [1.54, 1.807) is 0 Å². The molecule has 0 heterocycles. The lowest BCUT2D eigenvalue weighted by molar-refractivity contribution is -0.134. The number of hydrogen-bond acceptors (Lipinski definition) is 4. The van der Waals surface area contributed by atoms with E-state index in [4.69, 9.17) is 5.11 Å². The zero-order chi connectivity index (χ0) is 14.6. The zero-order valence-corrected chi connectivity index (χ0v) is 12.8. The molecule has 0 saturated heterocycles. The Kier molecular flexibility index (Phi) is 5.43. The van der Waals surface area contributed by atoms with Crippen molar-refractivity contribution in [3.8, 4) is 0 Å². The fourth-order valence-electron chi connectivity index (χ4n) is 3.08. The summed E-state index contributed by atoms with van der Waals surface area (Å²) in [5.74, 6) is -1.32. The molecular weight excluding hydrogens is 278 g/mol. The topological polar surface area (TPSA) is 74.7 Å². The van der Waals surface area contributed by atoms with Crippen LogP contribution in [0.1, 0.15) is 44.9 Å². The molecule has 0 aromatic carbocycles. The van der Waals surface area contributed by atoms with Crippen LogP contribution < -0.4 is 0 Å². The summed E-state index contributed by atoms with van der Waals surface area (Å²) >= 11 is 0. The van der Waals surface area contributed by atoms with Gasteiger partial charge in [-0.3, -0.25) is 9.69 Å². The highest BCUT2D eigenvalue weighted by atomic mass is 32.2. The lowest BCUT2D eigenvalue weighted by Crippen LogP contribution is -2.37. The first kappa shape index (κ1) is 15.8. The Bertz CT molecular complexity index is 424. The van der Waals surface area contributed by atoms with E-state index in [0.29, 0.717) is 18.5 Å². The van der Waals surface area contributed by atoms with Crippen LogP contribution in [-0.2, 0) is 14.6 Å². The number of carboxylic acid groups (broad SMARTS) is 1. The van der Waals surface area contributed by atoms with Crippen LogP contribution in [0.5, 0.6) is 0 Å². The normalized spacial score (nSPS) is 21.2. The van der Waals surface area contributed by atoms with Crippen LogP contribution in [0.25, 0.3) is 0 Å². The van der Waals surface area contributed by atoms with Crippen molar-refractivity contribution in [3.05, 3.63) is 0 Å². The second kappa shape index (κ2) is 6.89. The highest BCUT2D eigenvalue weighted by Crippen LogP contribution is 2.31. The third kappa shape index (κ3) is 5.40. The first-order chi connectivity index (χ1) is 9.46. The second-order valence-corrected chi connectivity index (χ2v) is 8.40. The molecule has 0 bridgehead atoms. The maximum Gasteiger partial charge on any atom is 0.318 e. The Labute approximate surface area is 121 Å². The summed E-state index contributed by atoms with van der Waals surface area (Å²) in [6.07, 6.45) is 8.74. The standard InChI is InChI=1S/C14H25NO4S/c16-14(17)11-20(18,19)9-8-15(13-6-7-13)10-12-4-2-1-3-5-12/h12-13H,1-11H2,(H,16,17). The molecular formula is C14H25NO4S. The number of nitrogens with zero attached hydrogens (tertiary/aromatic N) is 1. The van der Waals surface area contributed by atoms with Gasteiger partial charge in [0.2, 0.25) is 0 Å². The summed E-state index contributed by atoms with van der Waals surface area (Å²) in [6, 6.07) is 0.539. The maximum atomic E-state index is 11.7. The third-order valence-electron chi connectivity index (χ3n) is 4.31. The molecule has 2 aliphatic rings. The summed E-state index contributed by atoms with van der Waals surface area (Å²) in [5.41, 5.74) is 0. The number of sulfone groups is 1. The molecule has 0 aromatic heterocycles. The Morgan fingerprint density at radius 3 is 2.30 bits per heavy atom. The predicted molar refractivity (Wildman–Crippen MR) is 77.5 cm³/mol. The average molecular weight is 303 g/mol. The molecule has 116 valence electrons. The predicted octanol–water partition coefficient (Wildman–Crippen LogP) is 1.53. The molecule has 0 spiro atoms. The van der Waals surface area contributed by atoms with Gasteiger partial charge in [0.15, 0.2) is 9.84 Å². The highest BCUT2D eigenvalue weighted by molar-refractivity contribution is 7.92. The number of carboxylic acids is 1. The fraction of sp³-hybridized carbons (Fsp3) is 0.929. The third-order valence-corrected chi connectivity index (χ3v) is 5.80. The number of hydrogen-bond donors (Lipinski definition) is 1. The first-order valence-electron chi connectivity index (χ1n) is 7.62. The summed E-state index contributed by atoms with van der Waals surface area (Å²) in [5, 5.41) is 8.60. The molecule has 2 saturated carbocycles. The first-order valence-corrected chi connectivity index (χ1v) is 9.45. The van der Waals surface area contributed by atoms with Crippen molar-refractivity contribution in [1.82, 2.24) is 4.90 Å². The zero-order valence-electron chi connectivity index (χ0n) is 12.0. The molecule has 20 heavy (non-hydrogen) atoms. The van der Waals surface area contributed by atoms with E-state index in [1.165, 1.54) is 32.1 Å². The van der Waals surface area contributed by atoms with Crippen LogP contribution in [0.2, 0.25) is 0 Å². The summed E-state index contributed by atoms with van der Waals surface area (Å²) in [7, 11) is -3.46. The van der Waals surface area contributed by atoms with Crippen LogP contribution in [0, 0.1) is 5.92 Å². The fourth-order valence-corrected chi connectivity index (χ4v) is 4.11. The van der Waals surface area contributed by atoms with Gasteiger partial charge >= 0.3 is 5.97 Å². The van der Waals surface area contributed by atoms with Gasteiger partial charge in [-0.15, -0.1) is 0 Å². The van der Waals surface area contributed by atoms with Gasteiger partial charge < -0.3 is 5.11 Å². The molecule has 6 heteroatoms. The van der Waals surface area contributed by atoms with Crippen LogP contribution in [-0.4, -0.2) is 55.0 Å². The minimum Gasteiger partial charge on any atom is -0.480 e. The molecule has 2 aliphatic carbocycles. The van der Waals surface area contributed by atoms with Crippen molar-refractivity contribution < 1.29 is 18.3 Å². The van der Waals surface area contributed by atoms with Crippen molar-refractivity contribution in [3.63, 3.8) is 0 Å². The SMILES string of the molecule is O=C(O)CS(=O)(=O)CCN(CC1CCCCC1)C1CC1. The van der Waals surface area contributed by atoms with E-state index < -0.39 is 21.6 Å². The quantitative estimate of drug-likeness (QED) is 0.736. The Morgan fingerprint density at radius 2 is 1.75 bits per heavy atom. The van der Waals surface area contributed by atoms with Crippen LogP contribution in [0.3, 0.4) is 0 Å². The molecule has 5 nitrogen and oxygen atoms in total. The molecule has 0 aromatic rings. The summed E-state index contributed by atoms with van der Waals surface area (Å²) < 4.78 is 23.3. The van der Waals surface area contributed by atoms with E-state index in [1.807, 2.05) is 0 Å². The molecule has 0 aliphatic heterocycles. The van der Waals surface area contributed by atoms with Crippen LogP contribution in [0.4, 0.5) is 0 Å². The summed E-state index contributed by atoms with van der Waals surface area (Å²) in [4.78, 5) is 12.8. The van der Waals surface area contributed by atoms with E-state index in [-0.39, 0.29) is 5.75 Å². The lowest BCUT2D eigenvalue weighted by atomic mass is 9.89. The molecule has 0 unspecified atom stereocenters. The minimum absolute atomic E-state index is 0.0253. The van der Waals surface area contributed by atoms with Gasteiger partial charge in [0, 0.05) is 19.1 Å². The molecule has 2 rings (SSSR count). The smallest absolute Gasteiger partial charge is 0.318 e. The van der Waals surface area contributed by atoms with Crippen molar-refractivity contribution in [2.24, 2.45) is 5.92 Å². The van der Waals surface area contributed by atoms with Gasteiger partial charge in [-0.2, -0.15) is 0 Å². The molecule has 0 atom stereocenters. The largest absolute Gasteiger partial charge is 0.480 e. The molecule has 0 amide bonds. The van der Waals surface area contributed by atoms with Crippen LogP contribution in [0.15, 0.2) is 0 Å². The highest BCUT2D eigenvalue weighted by Gasteiger charge is 2.31. The van der Waals surface area contributed by atoms with E-state index in [2.05, 4.69) is 4.90 Å². The van der Waals surface area contributed by atoms with Gasteiger partial charge in [0.25, 0.3) is 0 Å². The van der Waals surface area contributed by atoms with Crippen molar-refractivity contribution in [1.29, 1.82) is 0 Å². The Hall–Kier alpha value is -0.620. The second-order valence-electron chi connectivity index (χ2n) is 6.22. The molecule has 0 radical (unpaired) electrons. The maximum absolute atomic E-state index is 11.7. The van der Waals surface area contributed by atoms with Gasteiger partial charge in [0.1, 0.15) is 5.75 Å². The lowest BCUT2D eigenvalue weighted by Gasteiger charge is -2.29. The summed E-state index contributed by atoms with van der Waals surface area (Å²) in [6.45, 7) is 1.49. The van der Waals surface area contributed by atoms with Gasteiger partial charge in [-0.25, -0.2) is 8.42 Å². The number of aliphatic carboxylic acids is 1. The molecule has 2 fully saturated rings. The number of carbonyl (C=O) groups is 1. The van der Waals surface area contributed by atoms with Crippen molar-refractivity contribution in [2.75, 3.05) is 24.6 Å². The van der Waals surface area contributed by atoms with E-state index in [0.717, 1.165) is 19.4 Å². The molecule has 1 N–H and O–H groups in total. The Morgan fingerprint density at radius 1 is 1.10 bits per heavy atom. The van der Waals surface area contributed by atoms with Crippen molar-refractivity contribution >= 4 is 15.8 Å². The van der Waals surface area contributed by atoms with Gasteiger partial charge in [-0.05, 0) is 31.6 Å². The van der Waals surface area contributed by atoms with Gasteiger partial charge in [0.05, 0.1) is 5.75 Å². The number of rotatable bonds is 8. The van der Waals surface area contributed by atoms with Gasteiger partial charge in [-0.1, -0.05) is 19.3 Å².